The predicted octanol–water partition coefficient (Wildman–Crippen LogP) is 1.84. The molecular weight excluding hydrogens is 350 g/mol. The smallest absolute Gasteiger partial charge is 0.280 e. The number of hydrogen-bond acceptors (Lipinski definition) is 6. The van der Waals surface area contributed by atoms with E-state index in [1.807, 2.05) is 41.8 Å². The van der Waals surface area contributed by atoms with Crippen molar-refractivity contribution in [2.24, 2.45) is 7.05 Å². The molecule has 1 N–H and O–H groups in total. The Kier molecular flexibility index (Phi) is 4.36. The Morgan fingerprint density at radius 2 is 2.00 bits per heavy atom. The van der Waals surface area contributed by atoms with Gasteiger partial charge in [-0.2, -0.15) is 5.10 Å². The van der Waals surface area contributed by atoms with Crippen LogP contribution in [0.4, 0.5) is 0 Å². The molecule has 0 saturated heterocycles. The average Bonchev–Trinajstić information content (AvgIpc) is 3.29. The van der Waals surface area contributed by atoms with E-state index in [2.05, 4.69) is 15.1 Å². The molecule has 0 radical (unpaired) electrons. The van der Waals surface area contributed by atoms with Crippen LogP contribution in [0.5, 0.6) is 0 Å². The predicted molar refractivity (Wildman–Crippen MR) is 100 cm³/mol. The number of benzene rings is 1. The zero-order chi connectivity index (χ0) is 18.1. The SMILES string of the molecule is Cn1c(=O)c(-c2nc(Cc3cccs3)nn2CCO)nc2ccccc21. The number of para-hydroxylation sites is 2. The molecule has 0 saturated carbocycles. The quantitative estimate of drug-likeness (QED) is 0.582. The number of nitrogens with zero attached hydrogens (tertiary/aromatic N) is 5. The zero-order valence-electron chi connectivity index (χ0n) is 14.2. The second kappa shape index (κ2) is 6.81. The summed E-state index contributed by atoms with van der Waals surface area (Å²) in [5.41, 5.74) is 1.47. The highest BCUT2D eigenvalue weighted by molar-refractivity contribution is 7.09. The number of hydrogen-bond donors (Lipinski definition) is 1. The first kappa shape index (κ1) is 16.6. The minimum atomic E-state index is -0.238. The van der Waals surface area contributed by atoms with Gasteiger partial charge >= 0.3 is 0 Å². The molecule has 1 aromatic carbocycles. The lowest BCUT2D eigenvalue weighted by Crippen LogP contribution is -2.22. The van der Waals surface area contributed by atoms with Crippen LogP contribution >= 0.6 is 11.3 Å². The van der Waals surface area contributed by atoms with Crippen molar-refractivity contribution in [3.63, 3.8) is 0 Å². The van der Waals surface area contributed by atoms with Crippen molar-refractivity contribution in [3.8, 4) is 11.5 Å². The van der Waals surface area contributed by atoms with Crippen LogP contribution in [0.25, 0.3) is 22.6 Å². The summed E-state index contributed by atoms with van der Waals surface area (Å²) in [6.07, 6.45) is 0.580. The molecule has 0 aliphatic carbocycles. The Balaban J connectivity index is 1.86. The topological polar surface area (TPSA) is 85.8 Å². The number of fused-ring (bicyclic) bond motifs is 1. The molecule has 7 nitrogen and oxygen atoms in total. The van der Waals surface area contributed by atoms with E-state index in [-0.39, 0.29) is 24.4 Å². The standard InChI is InChI=1S/C18H17N5O2S/c1-22-14-7-3-2-6-13(14)19-16(18(22)25)17-20-15(21-23(17)8-9-24)11-12-5-4-10-26-12/h2-7,10,24H,8-9,11H2,1H3. The van der Waals surface area contributed by atoms with Gasteiger partial charge in [-0.25, -0.2) is 14.6 Å². The number of thiophene rings is 1. The molecule has 0 atom stereocenters. The van der Waals surface area contributed by atoms with Crippen molar-refractivity contribution >= 4 is 22.4 Å². The molecule has 0 amide bonds. The Hall–Kier alpha value is -2.84. The summed E-state index contributed by atoms with van der Waals surface area (Å²) in [5, 5.41) is 15.8. The van der Waals surface area contributed by atoms with Crippen molar-refractivity contribution < 1.29 is 5.11 Å². The highest BCUT2D eigenvalue weighted by Crippen LogP contribution is 2.18. The summed E-state index contributed by atoms with van der Waals surface area (Å²) in [7, 11) is 1.72. The molecule has 0 fully saturated rings. The van der Waals surface area contributed by atoms with Gasteiger partial charge in [-0.1, -0.05) is 18.2 Å². The van der Waals surface area contributed by atoms with E-state index < -0.39 is 0 Å². The zero-order valence-corrected chi connectivity index (χ0v) is 15.0. The molecule has 3 heterocycles. The summed E-state index contributed by atoms with van der Waals surface area (Å²) >= 11 is 1.63. The van der Waals surface area contributed by atoms with Crippen LogP contribution in [0.1, 0.15) is 10.7 Å². The number of aromatic nitrogens is 5. The summed E-state index contributed by atoms with van der Waals surface area (Å²) in [6, 6.07) is 11.5. The van der Waals surface area contributed by atoms with Gasteiger partial charge in [-0.15, -0.1) is 11.3 Å². The Morgan fingerprint density at radius 1 is 1.15 bits per heavy atom. The Morgan fingerprint density at radius 3 is 2.77 bits per heavy atom. The lowest BCUT2D eigenvalue weighted by molar-refractivity contribution is 0.270. The van der Waals surface area contributed by atoms with Crippen LogP contribution in [0.2, 0.25) is 0 Å². The normalized spacial score (nSPS) is 11.3. The van der Waals surface area contributed by atoms with E-state index in [1.165, 1.54) is 0 Å². The van der Waals surface area contributed by atoms with Crippen LogP contribution in [-0.2, 0) is 20.0 Å². The third-order valence-electron chi connectivity index (χ3n) is 4.13. The van der Waals surface area contributed by atoms with Gasteiger partial charge in [0.2, 0.25) is 0 Å². The number of aliphatic hydroxyl groups is 1. The maximum atomic E-state index is 12.8. The average molecular weight is 367 g/mol. The molecular formula is C18H17N5O2S. The maximum absolute atomic E-state index is 12.8. The minimum absolute atomic E-state index is 0.0945. The van der Waals surface area contributed by atoms with E-state index in [9.17, 15) is 9.90 Å². The fourth-order valence-electron chi connectivity index (χ4n) is 2.88. The van der Waals surface area contributed by atoms with Crippen LogP contribution in [0.3, 0.4) is 0 Å². The maximum Gasteiger partial charge on any atom is 0.280 e. The second-order valence-corrected chi connectivity index (χ2v) is 6.90. The lowest BCUT2D eigenvalue weighted by atomic mass is 10.2. The molecule has 0 bridgehead atoms. The molecule has 0 aliphatic heterocycles. The van der Waals surface area contributed by atoms with Gasteiger partial charge < -0.3 is 9.67 Å². The third kappa shape index (κ3) is 2.93. The van der Waals surface area contributed by atoms with Crippen molar-refractivity contribution in [1.29, 1.82) is 0 Å². The van der Waals surface area contributed by atoms with Gasteiger partial charge in [0.25, 0.3) is 5.56 Å². The van der Waals surface area contributed by atoms with E-state index in [1.54, 1.807) is 27.6 Å². The molecule has 3 aromatic heterocycles. The van der Waals surface area contributed by atoms with E-state index in [0.29, 0.717) is 23.6 Å². The second-order valence-electron chi connectivity index (χ2n) is 5.87. The van der Waals surface area contributed by atoms with E-state index in [0.717, 1.165) is 10.4 Å². The molecule has 0 spiro atoms. The number of aryl methyl sites for hydroxylation is 1. The molecule has 132 valence electrons. The fraction of sp³-hybridized carbons (Fsp3) is 0.222. The largest absolute Gasteiger partial charge is 0.394 e. The summed E-state index contributed by atoms with van der Waals surface area (Å²) in [6.45, 7) is 0.160. The van der Waals surface area contributed by atoms with Gasteiger partial charge in [0, 0.05) is 18.3 Å². The summed E-state index contributed by atoms with van der Waals surface area (Å²) in [5.74, 6) is 0.991. The first-order chi connectivity index (χ1) is 12.7. The minimum Gasteiger partial charge on any atom is -0.394 e. The van der Waals surface area contributed by atoms with Crippen LogP contribution in [0, 0.1) is 0 Å². The Labute approximate surface area is 153 Å². The van der Waals surface area contributed by atoms with Gasteiger partial charge in [0.05, 0.1) is 24.2 Å². The lowest BCUT2D eigenvalue weighted by Gasteiger charge is -2.08. The first-order valence-corrected chi connectivity index (χ1v) is 9.08. The fourth-order valence-corrected chi connectivity index (χ4v) is 3.58. The summed E-state index contributed by atoms with van der Waals surface area (Å²) < 4.78 is 3.12. The number of aliphatic hydroxyl groups excluding tert-OH is 1. The Bertz CT molecular complexity index is 1110. The molecule has 0 aliphatic rings. The highest BCUT2D eigenvalue weighted by atomic mass is 32.1. The van der Waals surface area contributed by atoms with Crippen molar-refractivity contribution in [2.45, 2.75) is 13.0 Å². The van der Waals surface area contributed by atoms with Gasteiger partial charge in [0.15, 0.2) is 17.3 Å². The van der Waals surface area contributed by atoms with E-state index >= 15 is 0 Å². The van der Waals surface area contributed by atoms with E-state index in [4.69, 9.17) is 0 Å². The summed E-state index contributed by atoms with van der Waals surface area (Å²) in [4.78, 5) is 23.0. The highest BCUT2D eigenvalue weighted by Gasteiger charge is 2.19. The first-order valence-electron chi connectivity index (χ1n) is 8.20. The molecule has 4 rings (SSSR count). The van der Waals surface area contributed by atoms with Crippen molar-refractivity contribution in [3.05, 3.63) is 62.8 Å². The molecule has 8 heteroatoms. The van der Waals surface area contributed by atoms with Crippen LogP contribution < -0.4 is 5.56 Å². The van der Waals surface area contributed by atoms with Crippen LogP contribution in [0.15, 0.2) is 46.6 Å². The third-order valence-corrected chi connectivity index (χ3v) is 5.01. The van der Waals surface area contributed by atoms with Gasteiger partial charge in [-0.3, -0.25) is 4.79 Å². The van der Waals surface area contributed by atoms with Crippen LogP contribution in [-0.4, -0.2) is 36.0 Å². The molecule has 4 aromatic rings. The monoisotopic (exact) mass is 367 g/mol. The van der Waals surface area contributed by atoms with Gasteiger partial charge in [0.1, 0.15) is 0 Å². The van der Waals surface area contributed by atoms with Gasteiger partial charge in [-0.05, 0) is 23.6 Å². The van der Waals surface area contributed by atoms with Crippen molar-refractivity contribution in [1.82, 2.24) is 24.3 Å². The van der Waals surface area contributed by atoms with Crippen molar-refractivity contribution in [2.75, 3.05) is 6.61 Å². The molecule has 0 unspecified atom stereocenters. The number of rotatable bonds is 5. The molecule has 26 heavy (non-hydrogen) atoms.